The van der Waals surface area contributed by atoms with Crippen LogP contribution in [0.1, 0.15) is 17.5 Å². The Kier molecular flexibility index (Phi) is 8.52. The number of rotatable bonds is 10. The second kappa shape index (κ2) is 11.1. The first kappa shape index (κ1) is 20.6. The van der Waals surface area contributed by atoms with Gasteiger partial charge in [-0.15, -0.1) is 0 Å². The summed E-state index contributed by atoms with van der Waals surface area (Å²) in [6.07, 6.45) is 1.50. The van der Waals surface area contributed by atoms with E-state index in [9.17, 15) is 9.59 Å². The molecule has 0 fully saturated rings. The minimum atomic E-state index is -0.0655. The first-order valence-electron chi connectivity index (χ1n) is 9.32. The summed E-state index contributed by atoms with van der Waals surface area (Å²) in [4.78, 5) is 26.1. The number of benzene rings is 2. The summed E-state index contributed by atoms with van der Waals surface area (Å²) >= 11 is 0. The Balaban J connectivity index is 1.67. The standard InChI is InChI=1S/C22H29N3O2/c1-25(2)20(15-18-9-5-3-6-10-18)17-24-21(26)13-14-23-22(27)16-19-11-7-4-8-12-19/h3-12,20H,13-17H2,1-2H3,(H,23,27)(H,24,26). The van der Waals surface area contributed by atoms with Crippen molar-refractivity contribution in [2.24, 2.45) is 0 Å². The highest BCUT2D eigenvalue weighted by Crippen LogP contribution is 2.06. The van der Waals surface area contributed by atoms with E-state index in [0.29, 0.717) is 19.5 Å². The van der Waals surface area contributed by atoms with Crippen LogP contribution in [0.25, 0.3) is 0 Å². The molecule has 0 bridgehead atoms. The molecule has 2 amide bonds. The largest absolute Gasteiger partial charge is 0.355 e. The van der Waals surface area contributed by atoms with Crippen molar-refractivity contribution >= 4 is 11.8 Å². The summed E-state index contributed by atoms with van der Waals surface area (Å²) in [7, 11) is 4.03. The number of hydrogen-bond acceptors (Lipinski definition) is 3. The third-order valence-corrected chi connectivity index (χ3v) is 4.46. The number of likely N-dealkylation sites (N-methyl/N-ethyl adjacent to an activating group) is 1. The normalized spacial score (nSPS) is 11.8. The number of carbonyl (C=O) groups is 2. The van der Waals surface area contributed by atoms with Crippen LogP contribution in [0, 0.1) is 0 Å². The van der Waals surface area contributed by atoms with Crippen LogP contribution in [-0.2, 0) is 22.4 Å². The molecule has 0 spiro atoms. The predicted molar refractivity (Wildman–Crippen MR) is 108 cm³/mol. The van der Waals surface area contributed by atoms with Gasteiger partial charge in [0.05, 0.1) is 6.42 Å². The van der Waals surface area contributed by atoms with Gasteiger partial charge in [0.25, 0.3) is 0 Å². The molecule has 0 saturated carbocycles. The Morgan fingerprint density at radius 3 is 2.04 bits per heavy atom. The van der Waals surface area contributed by atoms with Crippen LogP contribution >= 0.6 is 0 Å². The Hall–Kier alpha value is -2.66. The fourth-order valence-electron chi connectivity index (χ4n) is 2.80. The second-order valence-electron chi connectivity index (χ2n) is 6.87. The Labute approximate surface area is 161 Å². The predicted octanol–water partition coefficient (Wildman–Crippen LogP) is 2.02. The van der Waals surface area contributed by atoms with Crippen LogP contribution in [0.5, 0.6) is 0 Å². The summed E-state index contributed by atoms with van der Waals surface area (Å²) in [5, 5.41) is 5.78. The molecule has 0 aliphatic carbocycles. The molecule has 0 radical (unpaired) electrons. The Bertz CT molecular complexity index is 702. The van der Waals surface area contributed by atoms with E-state index in [0.717, 1.165) is 12.0 Å². The van der Waals surface area contributed by atoms with Crippen LogP contribution in [0.2, 0.25) is 0 Å². The Morgan fingerprint density at radius 2 is 1.44 bits per heavy atom. The molecule has 27 heavy (non-hydrogen) atoms. The van der Waals surface area contributed by atoms with Gasteiger partial charge in [-0.3, -0.25) is 9.59 Å². The van der Waals surface area contributed by atoms with E-state index >= 15 is 0 Å². The van der Waals surface area contributed by atoms with E-state index in [2.05, 4.69) is 27.7 Å². The van der Waals surface area contributed by atoms with Gasteiger partial charge in [-0.25, -0.2) is 0 Å². The maximum atomic E-state index is 12.1. The van der Waals surface area contributed by atoms with E-state index in [1.54, 1.807) is 0 Å². The minimum absolute atomic E-state index is 0.0464. The van der Waals surface area contributed by atoms with Crippen LogP contribution in [0.3, 0.4) is 0 Å². The smallest absolute Gasteiger partial charge is 0.224 e. The molecule has 2 rings (SSSR count). The molecule has 1 atom stereocenters. The Morgan fingerprint density at radius 1 is 0.852 bits per heavy atom. The van der Waals surface area contributed by atoms with E-state index in [1.165, 1.54) is 5.56 Å². The van der Waals surface area contributed by atoms with Crippen molar-refractivity contribution in [1.82, 2.24) is 15.5 Å². The highest BCUT2D eigenvalue weighted by Gasteiger charge is 2.14. The molecule has 2 aromatic carbocycles. The molecule has 0 aliphatic heterocycles. The number of amides is 2. The van der Waals surface area contributed by atoms with E-state index in [-0.39, 0.29) is 24.3 Å². The van der Waals surface area contributed by atoms with Crippen LogP contribution in [-0.4, -0.2) is 49.9 Å². The highest BCUT2D eigenvalue weighted by atomic mass is 16.2. The zero-order chi connectivity index (χ0) is 19.5. The van der Waals surface area contributed by atoms with Crippen LogP contribution in [0.15, 0.2) is 60.7 Å². The van der Waals surface area contributed by atoms with Gasteiger partial charge in [0.1, 0.15) is 0 Å². The molecule has 144 valence electrons. The maximum absolute atomic E-state index is 12.1. The van der Waals surface area contributed by atoms with Gasteiger partial charge in [0, 0.05) is 25.6 Å². The SMILES string of the molecule is CN(C)C(CNC(=O)CCNC(=O)Cc1ccccc1)Cc1ccccc1. The molecule has 1 unspecified atom stereocenters. The molecular formula is C22H29N3O2. The van der Waals surface area contributed by atoms with E-state index in [4.69, 9.17) is 0 Å². The van der Waals surface area contributed by atoms with Crippen molar-refractivity contribution in [1.29, 1.82) is 0 Å². The van der Waals surface area contributed by atoms with E-state index < -0.39 is 0 Å². The van der Waals surface area contributed by atoms with Crippen molar-refractivity contribution in [3.63, 3.8) is 0 Å². The number of carbonyl (C=O) groups excluding carboxylic acids is 2. The monoisotopic (exact) mass is 367 g/mol. The highest BCUT2D eigenvalue weighted by molar-refractivity contribution is 5.80. The van der Waals surface area contributed by atoms with Crippen molar-refractivity contribution in [3.05, 3.63) is 71.8 Å². The summed E-state index contributed by atoms with van der Waals surface area (Å²) in [6, 6.07) is 20.1. The third-order valence-electron chi connectivity index (χ3n) is 4.46. The average molecular weight is 367 g/mol. The minimum Gasteiger partial charge on any atom is -0.355 e. The molecule has 0 aliphatic rings. The van der Waals surface area contributed by atoms with Gasteiger partial charge in [-0.05, 0) is 31.6 Å². The van der Waals surface area contributed by atoms with Gasteiger partial charge < -0.3 is 15.5 Å². The van der Waals surface area contributed by atoms with Gasteiger partial charge in [0.15, 0.2) is 0 Å². The topological polar surface area (TPSA) is 61.4 Å². The lowest BCUT2D eigenvalue weighted by atomic mass is 10.1. The summed E-state index contributed by atoms with van der Waals surface area (Å²) in [6.45, 7) is 0.932. The number of nitrogens with one attached hydrogen (secondary N) is 2. The number of nitrogens with zero attached hydrogens (tertiary/aromatic N) is 1. The zero-order valence-electron chi connectivity index (χ0n) is 16.2. The van der Waals surface area contributed by atoms with Gasteiger partial charge in [-0.1, -0.05) is 60.7 Å². The molecule has 0 aromatic heterocycles. The molecular weight excluding hydrogens is 338 g/mol. The van der Waals surface area contributed by atoms with Gasteiger partial charge in [0.2, 0.25) is 11.8 Å². The number of hydrogen-bond donors (Lipinski definition) is 2. The lowest BCUT2D eigenvalue weighted by Crippen LogP contribution is -2.42. The maximum Gasteiger partial charge on any atom is 0.224 e. The third kappa shape index (κ3) is 8.05. The quantitative estimate of drug-likeness (QED) is 0.675. The molecule has 0 heterocycles. The zero-order valence-corrected chi connectivity index (χ0v) is 16.2. The van der Waals surface area contributed by atoms with Crippen LogP contribution < -0.4 is 10.6 Å². The van der Waals surface area contributed by atoms with Gasteiger partial charge >= 0.3 is 0 Å². The first-order chi connectivity index (χ1) is 13.0. The summed E-state index contributed by atoms with van der Waals surface area (Å²) in [5.74, 6) is -0.112. The van der Waals surface area contributed by atoms with Crippen molar-refractivity contribution in [2.45, 2.75) is 25.3 Å². The first-order valence-corrected chi connectivity index (χ1v) is 9.32. The van der Waals surface area contributed by atoms with E-state index in [1.807, 2.05) is 62.6 Å². The molecule has 0 saturated heterocycles. The fraction of sp³-hybridized carbons (Fsp3) is 0.364. The average Bonchev–Trinajstić information content (AvgIpc) is 2.66. The molecule has 5 heteroatoms. The van der Waals surface area contributed by atoms with Crippen molar-refractivity contribution in [2.75, 3.05) is 27.2 Å². The van der Waals surface area contributed by atoms with Crippen molar-refractivity contribution in [3.8, 4) is 0 Å². The lowest BCUT2D eigenvalue weighted by molar-refractivity contribution is -0.122. The molecule has 5 nitrogen and oxygen atoms in total. The summed E-state index contributed by atoms with van der Waals surface area (Å²) < 4.78 is 0. The summed E-state index contributed by atoms with van der Waals surface area (Å²) in [5.41, 5.74) is 2.22. The van der Waals surface area contributed by atoms with Crippen molar-refractivity contribution < 1.29 is 9.59 Å². The molecule has 2 N–H and O–H groups in total. The second-order valence-corrected chi connectivity index (χ2v) is 6.87. The fourth-order valence-corrected chi connectivity index (χ4v) is 2.80. The lowest BCUT2D eigenvalue weighted by Gasteiger charge is -2.24. The van der Waals surface area contributed by atoms with Gasteiger partial charge in [-0.2, -0.15) is 0 Å². The van der Waals surface area contributed by atoms with Crippen LogP contribution in [0.4, 0.5) is 0 Å². The molecule has 2 aromatic rings.